The van der Waals surface area contributed by atoms with Crippen molar-refractivity contribution in [1.82, 2.24) is 29.1 Å². The maximum atomic E-state index is 12.9. The minimum absolute atomic E-state index is 0.111. The van der Waals surface area contributed by atoms with Crippen molar-refractivity contribution in [3.05, 3.63) is 52.7 Å². The molecule has 9 nitrogen and oxygen atoms in total. The van der Waals surface area contributed by atoms with Gasteiger partial charge in [0.25, 0.3) is 5.56 Å². The van der Waals surface area contributed by atoms with E-state index < -0.39 is 6.55 Å². The van der Waals surface area contributed by atoms with Gasteiger partial charge in [-0.05, 0) is 37.5 Å². The lowest BCUT2D eigenvalue weighted by molar-refractivity contribution is 0.0563. The van der Waals surface area contributed by atoms with Gasteiger partial charge in [0.05, 0.1) is 17.9 Å². The second kappa shape index (κ2) is 8.39. The Morgan fingerprint density at radius 1 is 1.18 bits per heavy atom. The molecule has 0 N–H and O–H groups in total. The molecule has 0 aliphatic carbocycles. The molecular weight excluding hydrogens is 434 g/mol. The summed E-state index contributed by atoms with van der Waals surface area (Å²) >= 11 is 0. The number of halogens is 2. The molecule has 0 spiro atoms. The van der Waals surface area contributed by atoms with Gasteiger partial charge in [-0.2, -0.15) is 24.0 Å². The van der Waals surface area contributed by atoms with E-state index in [2.05, 4.69) is 15.2 Å². The van der Waals surface area contributed by atoms with Crippen molar-refractivity contribution in [2.24, 2.45) is 7.05 Å². The van der Waals surface area contributed by atoms with E-state index in [9.17, 15) is 13.6 Å². The van der Waals surface area contributed by atoms with Crippen LogP contribution in [0.15, 0.2) is 41.5 Å². The third-order valence-electron chi connectivity index (χ3n) is 5.82. The summed E-state index contributed by atoms with van der Waals surface area (Å²) in [4.78, 5) is 17.5. The highest BCUT2D eigenvalue weighted by molar-refractivity contribution is 5.74. The smallest absolute Gasteiger partial charge is 0.333 e. The summed E-state index contributed by atoms with van der Waals surface area (Å²) in [6, 6.07) is 7.13. The van der Waals surface area contributed by atoms with Crippen molar-refractivity contribution in [2.75, 3.05) is 13.2 Å². The summed E-state index contributed by atoms with van der Waals surface area (Å²) in [5, 5.41) is 8.67. The lowest BCUT2D eigenvalue weighted by Gasteiger charge is -2.22. The van der Waals surface area contributed by atoms with Crippen LogP contribution >= 0.6 is 0 Å². The number of aromatic nitrogens is 6. The van der Waals surface area contributed by atoms with Gasteiger partial charge in [-0.15, -0.1) is 0 Å². The first-order valence-corrected chi connectivity index (χ1v) is 10.6. The zero-order chi connectivity index (χ0) is 23.1. The number of rotatable bonds is 5. The Labute approximate surface area is 187 Å². The van der Waals surface area contributed by atoms with Crippen LogP contribution in [-0.4, -0.2) is 42.3 Å². The molecule has 4 heterocycles. The zero-order valence-electron chi connectivity index (χ0n) is 18.1. The highest BCUT2D eigenvalue weighted by Gasteiger charge is 2.22. The monoisotopic (exact) mass is 456 g/mol. The van der Waals surface area contributed by atoms with Crippen LogP contribution in [0, 0.1) is 6.92 Å². The van der Waals surface area contributed by atoms with Gasteiger partial charge in [0, 0.05) is 32.0 Å². The molecule has 172 valence electrons. The molecule has 1 aliphatic rings. The fraction of sp³-hybridized carbons (Fsp3) is 0.364. The highest BCUT2D eigenvalue weighted by atomic mass is 19.3. The Morgan fingerprint density at radius 3 is 2.58 bits per heavy atom. The van der Waals surface area contributed by atoms with Crippen molar-refractivity contribution >= 4 is 11.0 Å². The van der Waals surface area contributed by atoms with Crippen molar-refractivity contribution < 1.29 is 18.3 Å². The van der Waals surface area contributed by atoms with Crippen molar-refractivity contribution in [3.8, 4) is 22.9 Å². The molecule has 1 aromatic carbocycles. The lowest BCUT2D eigenvalue weighted by atomic mass is 10.1. The average Bonchev–Trinajstić information content (AvgIpc) is 3.42. The first-order valence-electron chi connectivity index (χ1n) is 10.6. The van der Waals surface area contributed by atoms with Gasteiger partial charge in [-0.1, -0.05) is 12.1 Å². The molecule has 0 saturated carbocycles. The van der Waals surface area contributed by atoms with Crippen LogP contribution in [0.25, 0.3) is 22.2 Å². The number of alkyl halides is 2. The van der Waals surface area contributed by atoms with Gasteiger partial charge in [-0.3, -0.25) is 9.36 Å². The number of benzene rings is 1. The average molecular weight is 456 g/mol. The molecule has 1 fully saturated rings. The summed E-state index contributed by atoms with van der Waals surface area (Å²) in [5.41, 5.74) is 2.06. The van der Waals surface area contributed by atoms with E-state index in [1.165, 1.54) is 10.8 Å². The standard InChI is InChI=1S/C22H22F2N6O3/c1-13-18(12-29(27-13)21(23)24)14-3-5-16(6-4-14)33-22-26-19-17(20(31)28(22)2)11-25-30(19)15-7-9-32-10-8-15/h3-6,11-12,15,21H,7-10H2,1-2H3. The minimum atomic E-state index is -2.70. The third-order valence-corrected chi connectivity index (χ3v) is 5.82. The Balaban J connectivity index is 1.45. The molecule has 0 amide bonds. The second-order valence-corrected chi connectivity index (χ2v) is 7.94. The zero-order valence-corrected chi connectivity index (χ0v) is 18.1. The molecule has 33 heavy (non-hydrogen) atoms. The maximum absolute atomic E-state index is 12.9. The molecular formula is C22H22F2N6O3. The van der Waals surface area contributed by atoms with E-state index in [-0.39, 0.29) is 17.6 Å². The molecule has 11 heteroatoms. The first kappa shape index (κ1) is 21.3. The quantitative estimate of drug-likeness (QED) is 0.453. The van der Waals surface area contributed by atoms with Gasteiger partial charge >= 0.3 is 12.6 Å². The van der Waals surface area contributed by atoms with Gasteiger partial charge in [-0.25, -0.2) is 9.36 Å². The second-order valence-electron chi connectivity index (χ2n) is 7.94. The summed E-state index contributed by atoms with van der Waals surface area (Å²) in [6.45, 7) is 0.261. The van der Waals surface area contributed by atoms with E-state index >= 15 is 0 Å². The Kier molecular flexibility index (Phi) is 5.41. The van der Waals surface area contributed by atoms with Gasteiger partial charge < -0.3 is 9.47 Å². The summed E-state index contributed by atoms with van der Waals surface area (Å²) in [7, 11) is 1.59. The van der Waals surface area contributed by atoms with Gasteiger partial charge in [0.15, 0.2) is 5.65 Å². The Morgan fingerprint density at radius 2 is 1.91 bits per heavy atom. The van der Waals surface area contributed by atoms with E-state index in [4.69, 9.17) is 9.47 Å². The largest absolute Gasteiger partial charge is 0.425 e. The molecule has 1 saturated heterocycles. The van der Waals surface area contributed by atoms with Crippen LogP contribution in [0.4, 0.5) is 8.78 Å². The van der Waals surface area contributed by atoms with Crippen LogP contribution < -0.4 is 10.3 Å². The molecule has 3 aromatic heterocycles. The van der Waals surface area contributed by atoms with Crippen LogP contribution in [0.1, 0.15) is 31.1 Å². The normalized spacial score (nSPS) is 14.9. The molecule has 0 bridgehead atoms. The predicted molar refractivity (Wildman–Crippen MR) is 116 cm³/mol. The van der Waals surface area contributed by atoms with Crippen LogP contribution in [0.3, 0.4) is 0 Å². The van der Waals surface area contributed by atoms with Crippen molar-refractivity contribution in [2.45, 2.75) is 32.4 Å². The van der Waals surface area contributed by atoms with E-state index in [1.54, 1.807) is 49.1 Å². The van der Waals surface area contributed by atoms with Crippen molar-refractivity contribution in [3.63, 3.8) is 0 Å². The number of hydrogen-bond acceptors (Lipinski definition) is 6. The lowest BCUT2D eigenvalue weighted by Crippen LogP contribution is -2.23. The number of fused-ring (bicyclic) bond motifs is 1. The maximum Gasteiger partial charge on any atom is 0.333 e. The number of hydrogen-bond donors (Lipinski definition) is 0. The Hall–Kier alpha value is -3.60. The SMILES string of the molecule is Cc1nn(C(F)F)cc1-c1ccc(Oc2nc3c(cnn3C3CCOCC3)c(=O)n2C)cc1. The van der Waals surface area contributed by atoms with Crippen LogP contribution in [-0.2, 0) is 11.8 Å². The summed E-state index contributed by atoms with van der Waals surface area (Å²) < 4.78 is 40.9. The fourth-order valence-electron chi connectivity index (χ4n) is 4.01. The molecule has 0 radical (unpaired) electrons. The Bertz CT molecular complexity index is 1350. The number of nitrogens with zero attached hydrogens (tertiary/aromatic N) is 6. The first-order chi connectivity index (χ1) is 15.9. The molecule has 5 rings (SSSR count). The number of aryl methyl sites for hydroxylation is 1. The topological polar surface area (TPSA) is 89.0 Å². The summed E-state index contributed by atoms with van der Waals surface area (Å²) in [6.07, 6.45) is 4.45. The van der Waals surface area contributed by atoms with E-state index in [1.807, 2.05) is 0 Å². The summed E-state index contributed by atoms with van der Waals surface area (Å²) in [5.74, 6) is 0.455. The molecule has 0 unspecified atom stereocenters. The van der Waals surface area contributed by atoms with Gasteiger partial charge in [0.2, 0.25) is 0 Å². The molecule has 1 aliphatic heterocycles. The minimum Gasteiger partial charge on any atom is -0.425 e. The highest BCUT2D eigenvalue weighted by Crippen LogP contribution is 2.29. The van der Waals surface area contributed by atoms with Gasteiger partial charge in [0.1, 0.15) is 11.1 Å². The number of ether oxygens (including phenoxy) is 2. The van der Waals surface area contributed by atoms with E-state index in [0.717, 1.165) is 18.4 Å². The van der Waals surface area contributed by atoms with Crippen LogP contribution in [0.5, 0.6) is 11.8 Å². The fourth-order valence-corrected chi connectivity index (χ4v) is 4.01. The molecule has 4 aromatic rings. The van der Waals surface area contributed by atoms with Crippen LogP contribution in [0.2, 0.25) is 0 Å². The third kappa shape index (κ3) is 3.88. The van der Waals surface area contributed by atoms with Crippen molar-refractivity contribution in [1.29, 1.82) is 0 Å². The predicted octanol–water partition coefficient (Wildman–Crippen LogP) is 3.84. The molecule has 0 atom stereocenters. The van der Waals surface area contributed by atoms with E-state index in [0.29, 0.717) is 45.9 Å².